The Morgan fingerprint density at radius 1 is 1.23 bits per heavy atom. The number of nitrogens with zero attached hydrogens (tertiary/aromatic N) is 1. The van der Waals surface area contributed by atoms with Crippen molar-refractivity contribution in [1.29, 1.82) is 0 Å². The summed E-state index contributed by atoms with van der Waals surface area (Å²) in [6.45, 7) is 7.05. The number of urea groups is 1. The van der Waals surface area contributed by atoms with E-state index in [1.54, 1.807) is 14.0 Å². The van der Waals surface area contributed by atoms with Crippen LogP contribution < -0.4 is 15.4 Å². The number of hydrogen-bond acceptors (Lipinski definition) is 4. The number of methoxy groups -OCH3 is 1. The maximum atomic E-state index is 11.7. The van der Waals surface area contributed by atoms with Crippen molar-refractivity contribution in [2.24, 2.45) is 0 Å². The van der Waals surface area contributed by atoms with E-state index in [2.05, 4.69) is 10.6 Å². The number of carbonyl (C=O) groups excluding carboxylic acids is 2. The molecule has 0 aliphatic carbocycles. The molecular weight excluding hydrogens is 282 g/mol. The van der Waals surface area contributed by atoms with Gasteiger partial charge in [0.05, 0.1) is 13.7 Å². The predicted molar refractivity (Wildman–Crippen MR) is 86.0 cm³/mol. The largest absolute Gasteiger partial charge is 0.496 e. The van der Waals surface area contributed by atoms with Crippen molar-refractivity contribution in [2.75, 3.05) is 27.2 Å². The van der Waals surface area contributed by atoms with Gasteiger partial charge in [-0.25, -0.2) is 4.79 Å². The van der Waals surface area contributed by atoms with Crippen LogP contribution in [-0.4, -0.2) is 44.1 Å². The van der Waals surface area contributed by atoms with Gasteiger partial charge < -0.3 is 10.1 Å². The van der Waals surface area contributed by atoms with Crippen molar-refractivity contribution in [1.82, 2.24) is 15.5 Å². The van der Waals surface area contributed by atoms with Crippen LogP contribution >= 0.6 is 0 Å². The molecule has 0 bridgehead atoms. The molecule has 0 aliphatic heterocycles. The van der Waals surface area contributed by atoms with Crippen molar-refractivity contribution < 1.29 is 14.3 Å². The molecule has 0 saturated heterocycles. The predicted octanol–water partition coefficient (Wildman–Crippen LogP) is 1.59. The number of benzene rings is 1. The number of hydrogen-bond donors (Lipinski definition) is 2. The highest BCUT2D eigenvalue weighted by Gasteiger charge is 2.11. The maximum Gasteiger partial charge on any atom is 0.321 e. The smallest absolute Gasteiger partial charge is 0.321 e. The Balaban J connectivity index is 2.60. The minimum Gasteiger partial charge on any atom is -0.496 e. The summed E-state index contributed by atoms with van der Waals surface area (Å²) >= 11 is 0. The number of rotatable bonds is 6. The number of amides is 3. The van der Waals surface area contributed by atoms with Gasteiger partial charge in [0.2, 0.25) is 5.91 Å². The van der Waals surface area contributed by atoms with E-state index in [4.69, 9.17) is 4.74 Å². The van der Waals surface area contributed by atoms with E-state index < -0.39 is 6.03 Å². The summed E-state index contributed by atoms with van der Waals surface area (Å²) in [5.74, 6) is 0.566. The average molecular weight is 307 g/mol. The van der Waals surface area contributed by atoms with Gasteiger partial charge in [-0.15, -0.1) is 0 Å². The normalized spacial score (nSPS) is 10.5. The quantitative estimate of drug-likeness (QED) is 0.837. The lowest BCUT2D eigenvalue weighted by atomic mass is 10.1. The summed E-state index contributed by atoms with van der Waals surface area (Å²) in [7, 11) is 3.50. The molecule has 1 aromatic rings. The molecule has 0 heterocycles. The van der Waals surface area contributed by atoms with Gasteiger partial charge in [0.25, 0.3) is 0 Å². The second-order valence-corrected chi connectivity index (χ2v) is 5.34. The van der Waals surface area contributed by atoms with Crippen molar-refractivity contribution in [3.05, 3.63) is 28.8 Å². The van der Waals surface area contributed by atoms with Crippen LogP contribution in [0.25, 0.3) is 0 Å². The summed E-state index contributed by atoms with van der Waals surface area (Å²) in [6, 6.07) is 3.63. The molecule has 122 valence electrons. The van der Waals surface area contributed by atoms with Crippen molar-refractivity contribution >= 4 is 11.9 Å². The van der Waals surface area contributed by atoms with Crippen LogP contribution in [0.3, 0.4) is 0 Å². The van der Waals surface area contributed by atoms with Crippen LogP contribution in [0, 0.1) is 13.8 Å². The van der Waals surface area contributed by atoms with E-state index in [1.165, 1.54) is 0 Å². The fourth-order valence-corrected chi connectivity index (χ4v) is 2.44. The Morgan fingerprint density at radius 3 is 2.32 bits per heavy atom. The van der Waals surface area contributed by atoms with Crippen molar-refractivity contribution in [3.63, 3.8) is 0 Å². The van der Waals surface area contributed by atoms with E-state index in [9.17, 15) is 9.59 Å². The Morgan fingerprint density at radius 2 is 1.82 bits per heavy atom. The maximum absolute atomic E-state index is 11.7. The minimum absolute atomic E-state index is 0.154. The number of imide groups is 1. The summed E-state index contributed by atoms with van der Waals surface area (Å²) < 4.78 is 5.34. The number of ether oxygens (including phenoxy) is 1. The molecule has 0 aliphatic rings. The molecule has 1 aromatic carbocycles. The third kappa shape index (κ3) is 5.37. The highest BCUT2D eigenvalue weighted by atomic mass is 16.5. The van der Waals surface area contributed by atoms with Crippen LogP contribution in [0.1, 0.15) is 23.6 Å². The van der Waals surface area contributed by atoms with E-state index >= 15 is 0 Å². The van der Waals surface area contributed by atoms with Gasteiger partial charge in [0.1, 0.15) is 5.75 Å². The fourth-order valence-electron chi connectivity index (χ4n) is 2.44. The second-order valence-electron chi connectivity index (χ2n) is 5.34. The lowest BCUT2D eigenvalue weighted by molar-refractivity contribution is -0.120. The molecule has 0 atom stereocenters. The van der Waals surface area contributed by atoms with Gasteiger partial charge in [-0.05, 0) is 44.5 Å². The molecule has 0 fully saturated rings. The number of carbonyl (C=O) groups is 2. The van der Waals surface area contributed by atoms with Crippen LogP contribution in [0.15, 0.2) is 12.1 Å². The Bertz CT molecular complexity index is 520. The molecular formula is C16H25N3O3. The first-order chi connectivity index (χ1) is 10.4. The van der Waals surface area contributed by atoms with Gasteiger partial charge in [0, 0.05) is 13.1 Å². The summed E-state index contributed by atoms with van der Waals surface area (Å²) in [5, 5.41) is 4.81. The highest BCUT2D eigenvalue weighted by Crippen LogP contribution is 2.24. The Labute approximate surface area is 131 Å². The van der Waals surface area contributed by atoms with Crippen LogP contribution in [-0.2, 0) is 11.3 Å². The zero-order chi connectivity index (χ0) is 16.7. The monoisotopic (exact) mass is 307 g/mol. The molecule has 0 unspecified atom stereocenters. The van der Waals surface area contributed by atoms with E-state index in [1.807, 2.05) is 37.9 Å². The molecule has 22 heavy (non-hydrogen) atoms. The zero-order valence-corrected chi connectivity index (χ0v) is 13.9. The lowest BCUT2D eigenvalue weighted by Crippen LogP contribution is -2.43. The van der Waals surface area contributed by atoms with Gasteiger partial charge in [0.15, 0.2) is 0 Å². The zero-order valence-electron chi connectivity index (χ0n) is 13.9. The molecule has 6 nitrogen and oxygen atoms in total. The van der Waals surface area contributed by atoms with Gasteiger partial charge in [-0.1, -0.05) is 12.1 Å². The van der Waals surface area contributed by atoms with Gasteiger partial charge in [-0.2, -0.15) is 0 Å². The van der Waals surface area contributed by atoms with Gasteiger partial charge in [-0.3, -0.25) is 15.0 Å². The first-order valence-corrected chi connectivity index (χ1v) is 7.27. The van der Waals surface area contributed by atoms with E-state index in [0.717, 1.165) is 22.4 Å². The number of nitrogens with one attached hydrogen (secondary N) is 2. The first kappa shape index (κ1) is 18.0. The molecule has 0 saturated carbocycles. The SMILES string of the molecule is CCNC(=O)NC(=O)CN(C)Cc1cc(C)c(OC)c(C)c1. The van der Waals surface area contributed by atoms with Crippen LogP contribution in [0.5, 0.6) is 5.75 Å². The average Bonchev–Trinajstić information content (AvgIpc) is 2.37. The molecule has 6 heteroatoms. The molecule has 1 rings (SSSR count). The molecule has 2 N–H and O–H groups in total. The van der Waals surface area contributed by atoms with Crippen LogP contribution in [0.4, 0.5) is 4.79 Å². The first-order valence-electron chi connectivity index (χ1n) is 7.27. The standard InChI is InChI=1S/C16H25N3O3/c1-6-17-16(21)18-14(20)10-19(4)9-13-7-11(2)15(22-5)12(3)8-13/h7-8H,6,9-10H2,1-5H3,(H2,17,18,20,21). The third-order valence-corrected chi connectivity index (χ3v) is 3.18. The summed E-state index contributed by atoms with van der Waals surface area (Å²) in [6.07, 6.45) is 0. The highest BCUT2D eigenvalue weighted by molar-refractivity contribution is 5.95. The number of aryl methyl sites for hydroxylation is 2. The topological polar surface area (TPSA) is 70.7 Å². The third-order valence-electron chi connectivity index (χ3n) is 3.18. The Kier molecular flexibility index (Phi) is 6.85. The molecule has 3 amide bonds. The van der Waals surface area contributed by atoms with E-state index in [-0.39, 0.29) is 12.5 Å². The summed E-state index contributed by atoms with van der Waals surface area (Å²) in [4.78, 5) is 24.9. The number of likely N-dealkylation sites (N-methyl/N-ethyl adjacent to an activating group) is 1. The second kappa shape index (κ2) is 8.38. The van der Waals surface area contributed by atoms with Crippen molar-refractivity contribution in [2.45, 2.75) is 27.3 Å². The van der Waals surface area contributed by atoms with Crippen LogP contribution in [0.2, 0.25) is 0 Å². The summed E-state index contributed by atoms with van der Waals surface area (Å²) in [5.41, 5.74) is 3.24. The van der Waals surface area contributed by atoms with Gasteiger partial charge >= 0.3 is 6.03 Å². The molecule has 0 spiro atoms. The van der Waals surface area contributed by atoms with E-state index in [0.29, 0.717) is 13.1 Å². The molecule has 0 aromatic heterocycles. The Hall–Kier alpha value is -2.08. The van der Waals surface area contributed by atoms with Crippen molar-refractivity contribution in [3.8, 4) is 5.75 Å². The lowest BCUT2D eigenvalue weighted by Gasteiger charge is -2.18. The fraction of sp³-hybridized carbons (Fsp3) is 0.500. The minimum atomic E-state index is -0.461. The molecule has 0 radical (unpaired) electrons.